The Morgan fingerprint density at radius 3 is 2.18 bits per heavy atom. The van der Waals surface area contributed by atoms with Gasteiger partial charge in [0.2, 0.25) is 5.91 Å². The lowest BCUT2D eigenvalue weighted by Crippen LogP contribution is -2.66. The second-order valence-electron chi connectivity index (χ2n) is 17.2. The van der Waals surface area contributed by atoms with Gasteiger partial charge in [0.15, 0.2) is 0 Å². The average Bonchev–Trinajstić information content (AvgIpc) is 3.34. The van der Waals surface area contributed by atoms with Crippen LogP contribution < -0.4 is 4.72 Å². The Morgan fingerprint density at radius 2 is 1.58 bits per heavy atom. The first kappa shape index (κ1) is 32.6. The van der Waals surface area contributed by atoms with Crippen molar-refractivity contribution < 1.29 is 18.9 Å². The summed E-state index contributed by atoms with van der Waals surface area (Å²) >= 11 is 0. The van der Waals surface area contributed by atoms with Crippen molar-refractivity contribution in [2.75, 3.05) is 6.26 Å². The molecule has 1 amide bonds. The zero-order valence-corrected chi connectivity index (χ0v) is 29.4. The number of amides is 1. The molecule has 0 saturated heterocycles. The Bertz CT molecular complexity index is 1570. The molecule has 1 aromatic carbocycles. The van der Waals surface area contributed by atoms with Crippen molar-refractivity contribution in [2.24, 2.45) is 56.7 Å². The summed E-state index contributed by atoms with van der Waals surface area (Å²) in [5.41, 5.74) is 3.91. The predicted octanol–water partition coefficient (Wildman–Crippen LogP) is 8.41. The van der Waals surface area contributed by atoms with E-state index in [-0.39, 0.29) is 33.5 Å². The van der Waals surface area contributed by atoms with Crippen LogP contribution in [-0.2, 0) is 14.5 Å². The average molecular weight is 634 g/mol. The van der Waals surface area contributed by atoms with Crippen molar-refractivity contribution >= 4 is 33.0 Å². The summed E-state index contributed by atoms with van der Waals surface area (Å²) in [6.45, 7) is 19.2. The smallest absolute Gasteiger partial charge is 0.335 e. The highest BCUT2D eigenvalue weighted by atomic mass is 32.2. The van der Waals surface area contributed by atoms with E-state index in [1.54, 1.807) is 12.1 Å². The van der Waals surface area contributed by atoms with E-state index in [4.69, 9.17) is 0 Å². The molecule has 1 aromatic rings. The Kier molecular flexibility index (Phi) is 7.48. The van der Waals surface area contributed by atoms with Crippen LogP contribution in [0.4, 0.5) is 0 Å². The minimum absolute atomic E-state index is 0.0331. The van der Waals surface area contributed by atoms with Gasteiger partial charge in [-0.3, -0.25) is 9.52 Å². The number of benzene rings is 1. The number of carbonyl (C=O) groups is 2. The van der Waals surface area contributed by atoms with Crippen LogP contribution in [0.5, 0.6) is 0 Å². The fourth-order valence-corrected chi connectivity index (χ4v) is 13.3. The molecule has 0 heterocycles. The molecule has 45 heavy (non-hydrogen) atoms. The third-order valence-corrected chi connectivity index (χ3v) is 15.5. The van der Waals surface area contributed by atoms with Gasteiger partial charge in [-0.1, -0.05) is 65.0 Å². The quantitative estimate of drug-likeness (QED) is 0.252. The first-order valence-corrected chi connectivity index (χ1v) is 19.3. The molecule has 5 aliphatic rings. The first-order valence-electron chi connectivity index (χ1n) is 17.2. The van der Waals surface area contributed by atoms with Crippen LogP contribution in [0.3, 0.4) is 0 Å². The fraction of sp³-hybridized carbons (Fsp3) is 0.667. The van der Waals surface area contributed by atoms with Crippen molar-refractivity contribution in [2.45, 2.75) is 99.3 Å². The van der Waals surface area contributed by atoms with Gasteiger partial charge in [-0.2, -0.15) is 0 Å². The Labute approximate surface area is 271 Å². The van der Waals surface area contributed by atoms with Crippen LogP contribution in [0.15, 0.2) is 42.5 Å². The van der Waals surface area contributed by atoms with Crippen molar-refractivity contribution in [1.29, 1.82) is 0 Å². The largest absolute Gasteiger partial charge is 0.478 e. The maximum Gasteiger partial charge on any atom is 0.335 e. The van der Waals surface area contributed by atoms with Gasteiger partial charge in [0.25, 0.3) is 0 Å². The van der Waals surface area contributed by atoms with Gasteiger partial charge in [-0.25, -0.2) is 9.00 Å². The number of fused-ring (bicyclic) bond motifs is 7. The monoisotopic (exact) mass is 633 g/mol. The van der Waals surface area contributed by atoms with Crippen LogP contribution in [0.1, 0.15) is 115 Å². The topological polar surface area (TPSA) is 83.5 Å². The van der Waals surface area contributed by atoms with E-state index in [9.17, 15) is 18.9 Å². The number of carbonyl (C=O) groups excluding carboxylic acids is 1. The summed E-state index contributed by atoms with van der Waals surface area (Å²) in [4.78, 5) is 25.5. The van der Waals surface area contributed by atoms with Crippen LogP contribution in [0.2, 0.25) is 0 Å². The van der Waals surface area contributed by atoms with E-state index in [2.05, 4.69) is 64.8 Å². The van der Waals surface area contributed by atoms with Gasteiger partial charge in [0.05, 0.1) is 11.0 Å². The van der Waals surface area contributed by atoms with Crippen LogP contribution in [0.25, 0.3) is 5.57 Å². The molecule has 6 heteroatoms. The van der Waals surface area contributed by atoms with Gasteiger partial charge >= 0.3 is 5.97 Å². The lowest BCUT2D eigenvalue weighted by molar-refractivity contribution is -0.224. The summed E-state index contributed by atoms with van der Waals surface area (Å²) in [7, 11) is -2.65. The molecule has 246 valence electrons. The summed E-state index contributed by atoms with van der Waals surface area (Å²) in [6, 6.07) is 7.47. The Hall–Kier alpha value is -2.34. The Morgan fingerprint density at radius 1 is 0.911 bits per heavy atom. The highest BCUT2D eigenvalue weighted by Gasteiger charge is 2.71. The molecule has 4 saturated carbocycles. The molecule has 0 spiro atoms. The molecule has 4 fully saturated rings. The standard InChI is InChI=1S/C39H55NO4S/c1-24(2)27-16-21-39(34(43)40-45(8,9)44)23-22-37(6)29(32(27)39)14-15-31-36(5)19-17-28(25-10-12-26(13-11-25)33(41)42)35(3,4)30(36)18-20-38(31,37)7/h10-13,17,27,29-32H,1,8,14-16,18-23H2,2-7,9H3,(H,41,42)(H,40,43,44)/t27-,29+,30-,31+,32+,36-,37+,38+,39-,45?/m0/s1. The van der Waals surface area contributed by atoms with Crippen LogP contribution in [-0.4, -0.2) is 33.3 Å². The Balaban J connectivity index is 1.37. The zero-order chi connectivity index (χ0) is 33.0. The highest BCUT2D eigenvalue weighted by Crippen LogP contribution is 2.77. The number of carboxylic acid groups (broad SMARTS) is 1. The minimum Gasteiger partial charge on any atom is -0.478 e. The maximum absolute atomic E-state index is 14.0. The molecule has 0 aliphatic heterocycles. The molecule has 6 rings (SSSR count). The molecule has 2 N–H and O–H groups in total. The number of rotatable bonds is 5. The van der Waals surface area contributed by atoms with Gasteiger partial charge in [0.1, 0.15) is 0 Å². The van der Waals surface area contributed by atoms with Gasteiger partial charge < -0.3 is 5.11 Å². The van der Waals surface area contributed by atoms with Crippen molar-refractivity contribution in [1.82, 2.24) is 4.72 Å². The van der Waals surface area contributed by atoms with E-state index in [1.165, 1.54) is 36.7 Å². The summed E-state index contributed by atoms with van der Waals surface area (Å²) < 4.78 is 15.6. The fourth-order valence-electron chi connectivity index (χ4n) is 12.7. The third-order valence-electron chi connectivity index (χ3n) is 14.8. The number of allylic oxidation sites excluding steroid dienone is 3. The van der Waals surface area contributed by atoms with Crippen molar-refractivity contribution in [3.8, 4) is 0 Å². The van der Waals surface area contributed by atoms with E-state index in [1.807, 2.05) is 12.1 Å². The third kappa shape index (κ3) is 4.58. The molecular weight excluding hydrogens is 578 g/mol. The molecule has 5 nitrogen and oxygen atoms in total. The second-order valence-corrected chi connectivity index (χ2v) is 19.4. The molecule has 5 aliphatic carbocycles. The molecule has 10 atom stereocenters. The number of hydrogen-bond acceptors (Lipinski definition) is 3. The van der Waals surface area contributed by atoms with Gasteiger partial charge in [-0.05, 0) is 145 Å². The highest BCUT2D eigenvalue weighted by molar-refractivity contribution is 7.98. The van der Waals surface area contributed by atoms with Crippen LogP contribution >= 0.6 is 0 Å². The number of nitrogens with one attached hydrogen (secondary N) is 1. The lowest BCUT2D eigenvalue weighted by Gasteiger charge is -2.72. The SMILES string of the molecule is C=C(C)[C@@H]1CC[C@]2(C(=O)NS(=C)(C)=O)CC[C@]3(C)[C@H](CC[C@@H]4[C@@]5(C)CC=C(c6ccc(C(=O)O)cc6)C(C)(C)[C@@H]5CC[C@]43C)[C@@H]12. The molecule has 0 radical (unpaired) electrons. The maximum atomic E-state index is 14.0. The molecular formula is C39H55NO4S. The minimum atomic E-state index is -2.65. The van der Waals surface area contributed by atoms with Crippen LogP contribution in [0, 0.1) is 56.7 Å². The number of hydrogen-bond donors (Lipinski definition) is 2. The summed E-state index contributed by atoms with van der Waals surface area (Å²) in [5.74, 6) is 4.93. The predicted molar refractivity (Wildman–Crippen MR) is 185 cm³/mol. The van der Waals surface area contributed by atoms with E-state index in [0.717, 1.165) is 44.1 Å². The molecule has 1 unspecified atom stereocenters. The second kappa shape index (κ2) is 10.3. The number of aromatic carboxylic acids is 1. The van der Waals surface area contributed by atoms with E-state index in [0.29, 0.717) is 29.2 Å². The van der Waals surface area contributed by atoms with E-state index < -0.39 is 21.1 Å². The van der Waals surface area contributed by atoms with Gasteiger partial charge in [0, 0.05) is 16.0 Å². The summed E-state index contributed by atoms with van der Waals surface area (Å²) in [5, 5.41) is 9.44. The lowest BCUT2D eigenvalue weighted by atomic mass is 9.32. The summed E-state index contributed by atoms with van der Waals surface area (Å²) in [6.07, 6.45) is 13.4. The zero-order valence-electron chi connectivity index (χ0n) is 28.6. The molecule has 0 aromatic heterocycles. The van der Waals surface area contributed by atoms with Crippen molar-refractivity contribution in [3.63, 3.8) is 0 Å². The first-order chi connectivity index (χ1) is 20.8. The molecule has 0 bridgehead atoms. The van der Waals surface area contributed by atoms with E-state index >= 15 is 0 Å². The van der Waals surface area contributed by atoms with Crippen molar-refractivity contribution in [3.05, 3.63) is 53.6 Å². The number of carboxylic acids is 1. The van der Waals surface area contributed by atoms with Gasteiger partial charge in [-0.15, -0.1) is 0 Å². The normalized spacial score (nSPS) is 42.9.